The fourth-order valence-corrected chi connectivity index (χ4v) is 3.96. The number of nitrogens with two attached hydrogens (primary N) is 1. The number of carbonyl (C=O) groups is 1. The van der Waals surface area contributed by atoms with Crippen molar-refractivity contribution >= 4 is 23.2 Å². The van der Waals surface area contributed by atoms with Crippen LogP contribution in [-0.4, -0.2) is 16.5 Å². The van der Waals surface area contributed by atoms with Crippen molar-refractivity contribution in [1.82, 2.24) is 4.57 Å². The molecular formula is C23H24ClN3O2. The first kappa shape index (κ1) is 19.4. The highest BCUT2D eigenvalue weighted by Gasteiger charge is 2.18. The summed E-state index contributed by atoms with van der Waals surface area (Å²) in [7, 11) is 0. The van der Waals surface area contributed by atoms with E-state index in [2.05, 4.69) is 5.32 Å². The Balaban J connectivity index is 1.65. The van der Waals surface area contributed by atoms with Gasteiger partial charge in [-0.05, 0) is 49.2 Å². The Morgan fingerprint density at radius 3 is 2.62 bits per heavy atom. The number of benzene rings is 2. The number of aromatic nitrogens is 1. The number of nitrogens with one attached hydrogen (secondary N) is 1. The van der Waals surface area contributed by atoms with Crippen molar-refractivity contribution in [2.24, 2.45) is 5.73 Å². The zero-order valence-electron chi connectivity index (χ0n) is 16.1. The lowest BCUT2D eigenvalue weighted by Gasteiger charge is -2.25. The number of carbonyl (C=O) groups excluding carboxylic acids is 1. The molecule has 0 unspecified atom stereocenters. The molecule has 4 rings (SSSR count). The van der Waals surface area contributed by atoms with E-state index in [4.69, 9.17) is 22.1 Å². The lowest BCUT2D eigenvalue weighted by molar-refractivity contribution is 0.100. The maximum atomic E-state index is 11.9. The second-order valence-corrected chi connectivity index (χ2v) is 7.73. The molecule has 0 radical (unpaired) electrons. The zero-order chi connectivity index (χ0) is 20.2. The van der Waals surface area contributed by atoms with Crippen LogP contribution in [-0.2, 0) is 0 Å². The molecule has 6 heteroatoms. The predicted molar refractivity (Wildman–Crippen MR) is 116 cm³/mol. The number of hydrogen-bond acceptors (Lipinski definition) is 3. The zero-order valence-corrected chi connectivity index (χ0v) is 16.9. The van der Waals surface area contributed by atoms with Gasteiger partial charge in [-0.15, -0.1) is 0 Å². The van der Waals surface area contributed by atoms with Gasteiger partial charge in [0.2, 0.25) is 5.88 Å². The SMILES string of the molecule is NC(=O)c1ccc(-n2cccc2Oc2ccccc2Cl)cc1NC1CCCCC1. The van der Waals surface area contributed by atoms with Crippen LogP contribution in [0, 0.1) is 0 Å². The highest BCUT2D eigenvalue weighted by Crippen LogP contribution is 2.32. The number of anilines is 1. The third-order valence-corrected chi connectivity index (χ3v) is 5.59. The average molecular weight is 410 g/mol. The molecule has 0 aliphatic heterocycles. The maximum Gasteiger partial charge on any atom is 0.250 e. The molecule has 1 amide bonds. The van der Waals surface area contributed by atoms with E-state index in [0.717, 1.165) is 24.2 Å². The van der Waals surface area contributed by atoms with Crippen molar-refractivity contribution in [3.63, 3.8) is 0 Å². The predicted octanol–water partition coefficient (Wildman–Crippen LogP) is 5.77. The third-order valence-electron chi connectivity index (χ3n) is 5.27. The molecule has 0 atom stereocenters. The smallest absolute Gasteiger partial charge is 0.250 e. The van der Waals surface area contributed by atoms with Crippen LogP contribution < -0.4 is 15.8 Å². The molecule has 3 N–H and O–H groups in total. The van der Waals surface area contributed by atoms with Gasteiger partial charge in [-0.3, -0.25) is 9.36 Å². The lowest BCUT2D eigenvalue weighted by Crippen LogP contribution is -2.24. The minimum atomic E-state index is -0.435. The van der Waals surface area contributed by atoms with Crippen molar-refractivity contribution in [3.8, 4) is 17.3 Å². The first-order chi connectivity index (χ1) is 14.1. The Hall–Kier alpha value is -2.92. The summed E-state index contributed by atoms with van der Waals surface area (Å²) in [6.07, 6.45) is 7.80. The second kappa shape index (κ2) is 8.62. The number of amides is 1. The van der Waals surface area contributed by atoms with Crippen molar-refractivity contribution < 1.29 is 9.53 Å². The molecule has 0 spiro atoms. The van der Waals surface area contributed by atoms with Crippen LogP contribution in [0.2, 0.25) is 5.02 Å². The van der Waals surface area contributed by atoms with Crippen molar-refractivity contribution in [2.45, 2.75) is 38.1 Å². The number of hydrogen-bond donors (Lipinski definition) is 2. The molecule has 1 aliphatic carbocycles. The van der Waals surface area contributed by atoms with Crippen molar-refractivity contribution in [1.29, 1.82) is 0 Å². The minimum Gasteiger partial charge on any atom is -0.439 e. The van der Waals surface area contributed by atoms with E-state index in [9.17, 15) is 4.79 Å². The van der Waals surface area contributed by atoms with E-state index >= 15 is 0 Å². The molecule has 29 heavy (non-hydrogen) atoms. The van der Waals surface area contributed by atoms with Gasteiger partial charge in [0.15, 0.2) is 0 Å². The maximum absolute atomic E-state index is 11.9. The van der Waals surface area contributed by atoms with Crippen LogP contribution in [0.5, 0.6) is 11.6 Å². The summed E-state index contributed by atoms with van der Waals surface area (Å²) in [5.41, 5.74) is 7.75. The van der Waals surface area contributed by atoms with E-state index in [1.807, 2.05) is 53.2 Å². The third kappa shape index (κ3) is 4.40. The van der Waals surface area contributed by atoms with E-state index in [1.165, 1.54) is 19.3 Å². The van der Waals surface area contributed by atoms with Crippen LogP contribution in [0.25, 0.3) is 5.69 Å². The van der Waals surface area contributed by atoms with Crippen molar-refractivity contribution in [2.75, 3.05) is 5.32 Å². The monoisotopic (exact) mass is 409 g/mol. The van der Waals surface area contributed by atoms with Crippen molar-refractivity contribution in [3.05, 3.63) is 71.4 Å². The van der Waals surface area contributed by atoms with Gasteiger partial charge in [0, 0.05) is 24.0 Å². The van der Waals surface area contributed by atoms with Gasteiger partial charge in [-0.25, -0.2) is 0 Å². The van der Waals surface area contributed by atoms with Gasteiger partial charge in [0.05, 0.1) is 16.3 Å². The molecule has 150 valence electrons. The normalized spacial score (nSPS) is 14.5. The van der Waals surface area contributed by atoms with E-state index < -0.39 is 5.91 Å². The molecule has 1 aromatic heterocycles. The minimum absolute atomic E-state index is 0.362. The van der Waals surface area contributed by atoms with Gasteiger partial charge in [-0.2, -0.15) is 0 Å². The fraction of sp³-hybridized carbons (Fsp3) is 0.261. The summed E-state index contributed by atoms with van der Waals surface area (Å²) in [5.74, 6) is 0.784. The van der Waals surface area contributed by atoms with Crippen LogP contribution >= 0.6 is 11.6 Å². The van der Waals surface area contributed by atoms with Crippen LogP contribution in [0.4, 0.5) is 5.69 Å². The number of nitrogens with zero attached hydrogens (tertiary/aromatic N) is 1. The van der Waals surface area contributed by atoms with Gasteiger partial charge in [0.1, 0.15) is 5.75 Å². The van der Waals surface area contributed by atoms with Gasteiger partial charge >= 0.3 is 0 Å². The van der Waals surface area contributed by atoms with Crippen LogP contribution in [0.3, 0.4) is 0 Å². The molecule has 2 aromatic carbocycles. The lowest BCUT2D eigenvalue weighted by atomic mass is 9.95. The Labute approximate surface area is 175 Å². The molecule has 1 heterocycles. The summed E-state index contributed by atoms with van der Waals surface area (Å²) in [4.78, 5) is 11.9. The van der Waals surface area contributed by atoms with E-state index in [-0.39, 0.29) is 0 Å². The van der Waals surface area contributed by atoms with Gasteiger partial charge in [0.25, 0.3) is 5.91 Å². The molecule has 1 fully saturated rings. The highest BCUT2D eigenvalue weighted by molar-refractivity contribution is 6.32. The summed E-state index contributed by atoms with van der Waals surface area (Å²) < 4.78 is 7.94. The first-order valence-corrected chi connectivity index (χ1v) is 10.3. The molecule has 0 bridgehead atoms. The summed E-state index contributed by atoms with van der Waals surface area (Å²) in [6, 6.07) is 17.1. The van der Waals surface area contributed by atoms with Gasteiger partial charge < -0.3 is 15.8 Å². The Bertz CT molecular complexity index is 1010. The standard InChI is InChI=1S/C23H24ClN3O2/c24-19-9-4-5-10-21(19)29-22-11-6-14-27(22)17-12-13-18(23(25)28)20(15-17)26-16-7-2-1-3-8-16/h4-6,9-16,26H,1-3,7-8H2,(H2,25,28). The van der Waals surface area contributed by atoms with Crippen LogP contribution in [0.1, 0.15) is 42.5 Å². The first-order valence-electron chi connectivity index (χ1n) is 9.92. The Kier molecular flexibility index (Phi) is 5.76. The quantitative estimate of drug-likeness (QED) is 0.543. The molecule has 5 nitrogen and oxygen atoms in total. The molecule has 3 aromatic rings. The molecule has 0 saturated heterocycles. The number of primary amides is 1. The largest absolute Gasteiger partial charge is 0.439 e. The number of halogens is 1. The molecular weight excluding hydrogens is 386 g/mol. The van der Waals surface area contributed by atoms with Gasteiger partial charge in [-0.1, -0.05) is 43.0 Å². The average Bonchev–Trinajstić information content (AvgIpc) is 3.18. The topological polar surface area (TPSA) is 69.3 Å². The molecule has 1 aliphatic rings. The number of para-hydroxylation sites is 1. The summed E-state index contributed by atoms with van der Waals surface area (Å²) in [6.45, 7) is 0. The summed E-state index contributed by atoms with van der Waals surface area (Å²) >= 11 is 6.23. The number of ether oxygens (including phenoxy) is 1. The van der Waals surface area contributed by atoms with E-state index in [0.29, 0.717) is 28.3 Å². The van der Waals surface area contributed by atoms with Crippen LogP contribution in [0.15, 0.2) is 60.8 Å². The number of rotatable bonds is 6. The molecule has 1 saturated carbocycles. The highest BCUT2D eigenvalue weighted by atomic mass is 35.5. The fourth-order valence-electron chi connectivity index (χ4n) is 3.79. The Morgan fingerprint density at radius 1 is 1.07 bits per heavy atom. The van der Waals surface area contributed by atoms with E-state index in [1.54, 1.807) is 12.1 Å². The Morgan fingerprint density at radius 2 is 1.86 bits per heavy atom. The summed E-state index contributed by atoms with van der Waals surface area (Å²) in [5, 5.41) is 4.08. The second-order valence-electron chi connectivity index (χ2n) is 7.32.